The van der Waals surface area contributed by atoms with Crippen molar-refractivity contribution in [3.8, 4) is 0 Å². The molecule has 2 aliphatic rings. The summed E-state index contributed by atoms with van der Waals surface area (Å²) in [4.78, 5) is 30.4. The lowest BCUT2D eigenvalue weighted by Gasteiger charge is -2.35. The quantitative estimate of drug-likeness (QED) is 0.573. The molecule has 0 aromatic heterocycles. The van der Waals surface area contributed by atoms with Gasteiger partial charge in [-0.2, -0.15) is 0 Å². The van der Waals surface area contributed by atoms with Crippen LogP contribution in [0.5, 0.6) is 0 Å². The molecule has 1 atom stereocenters. The van der Waals surface area contributed by atoms with E-state index in [2.05, 4.69) is 22.5 Å². The minimum atomic E-state index is -0.644. The largest absolute Gasteiger partial charge is 0.399 e. The summed E-state index contributed by atoms with van der Waals surface area (Å²) in [5, 5.41) is 5.85. The van der Waals surface area contributed by atoms with Crippen molar-refractivity contribution in [2.24, 2.45) is 4.99 Å². The molecule has 4 N–H and O–H groups in total. The molecule has 7 heteroatoms. The van der Waals surface area contributed by atoms with Crippen molar-refractivity contribution >= 4 is 34.8 Å². The third kappa shape index (κ3) is 2.99. The standard InChI is InChI=1S/C16H21N5O2/c1-2-3-4-5-8-21-15(22)13-14(20-16(21)23)19-12-9-10(17)6-7-11(12)18-13/h6-7,9,13,18H,2-5,8,17H2,1H3,(H,19,20,23). The van der Waals surface area contributed by atoms with Gasteiger partial charge in [-0.1, -0.05) is 26.2 Å². The number of amidine groups is 1. The molecule has 1 unspecified atom stereocenters. The molecule has 0 spiro atoms. The highest BCUT2D eigenvalue weighted by atomic mass is 16.2. The summed E-state index contributed by atoms with van der Waals surface area (Å²) in [5.41, 5.74) is 7.69. The minimum absolute atomic E-state index is 0.258. The van der Waals surface area contributed by atoms with Crippen molar-refractivity contribution in [1.82, 2.24) is 10.2 Å². The van der Waals surface area contributed by atoms with Gasteiger partial charge in [0.15, 0.2) is 6.04 Å². The Morgan fingerprint density at radius 1 is 1.26 bits per heavy atom. The summed E-state index contributed by atoms with van der Waals surface area (Å²) in [6.07, 6.45) is 4.04. The second kappa shape index (κ2) is 6.28. The lowest BCUT2D eigenvalue weighted by Crippen LogP contribution is -2.63. The van der Waals surface area contributed by atoms with Crippen LogP contribution in [0.1, 0.15) is 32.6 Å². The van der Waals surface area contributed by atoms with Crippen molar-refractivity contribution in [2.45, 2.75) is 38.6 Å². The van der Waals surface area contributed by atoms with Gasteiger partial charge in [0.2, 0.25) is 0 Å². The molecule has 2 heterocycles. The van der Waals surface area contributed by atoms with E-state index < -0.39 is 12.1 Å². The van der Waals surface area contributed by atoms with E-state index in [0.29, 0.717) is 23.8 Å². The summed E-state index contributed by atoms with van der Waals surface area (Å²) in [6, 6.07) is 4.20. The molecule has 23 heavy (non-hydrogen) atoms. The third-order valence-electron chi connectivity index (χ3n) is 4.06. The van der Waals surface area contributed by atoms with Crippen molar-refractivity contribution in [3.63, 3.8) is 0 Å². The van der Waals surface area contributed by atoms with Crippen LogP contribution in [-0.2, 0) is 4.79 Å². The number of nitrogens with zero attached hydrogens (tertiary/aromatic N) is 2. The zero-order chi connectivity index (χ0) is 16.4. The number of unbranched alkanes of at least 4 members (excludes halogenated alkanes) is 3. The van der Waals surface area contributed by atoms with E-state index in [1.54, 1.807) is 18.2 Å². The van der Waals surface area contributed by atoms with Gasteiger partial charge >= 0.3 is 6.03 Å². The Kier molecular flexibility index (Phi) is 4.18. The lowest BCUT2D eigenvalue weighted by atomic mass is 10.1. The summed E-state index contributed by atoms with van der Waals surface area (Å²) in [6.45, 7) is 2.56. The Hall–Kier alpha value is -2.57. The average Bonchev–Trinajstić information content (AvgIpc) is 2.52. The third-order valence-corrected chi connectivity index (χ3v) is 4.06. The maximum Gasteiger partial charge on any atom is 0.329 e. The van der Waals surface area contributed by atoms with E-state index in [9.17, 15) is 9.59 Å². The highest BCUT2D eigenvalue weighted by Gasteiger charge is 2.40. The van der Waals surface area contributed by atoms with Gasteiger partial charge in [-0.25, -0.2) is 9.79 Å². The van der Waals surface area contributed by atoms with E-state index >= 15 is 0 Å². The van der Waals surface area contributed by atoms with Gasteiger partial charge in [-0.3, -0.25) is 15.0 Å². The molecule has 0 radical (unpaired) electrons. The fourth-order valence-electron chi connectivity index (χ4n) is 2.80. The lowest BCUT2D eigenvalue weighted by molar-refractivity contribution is -0.128. The van der Waals surface area contributed by atoms with E-state index in [1.807, 2.05) is 0 Å². The molecule has 1 fully saturated rings. The molecule has 1 aromatic rings. The smallest absolute Gasteiger partial charge is 0.329 e. The number of urea groups is 1. The van der Waals surface area contributed by atoms with Gasteiger partial charge in [-0.05, 0) is 24.6 Å². The first-order valence-electron chi connectivity index (χ1n) is 7.97. The number of hydrogen-bond donors (Lipinski definition) is 3. The molecule has 1 aromatic carbocycles. The zero-order valence-corrected chi connectivity index (χ0v) is 13.1. The molecular weight excluding hydrogens is 294 g/mol. The number of aliphatic imine (C=N–C) groups is 1. The molecule has 0 aliphatic carbocycles. The predicted octanol–water partition coefficient (Wildman–Crippen LogP) is 2.22. The average molecular weight is 315 g/mol. The maximum absolute atomic E-state index is 12.6. The highest BCUT2D eigenvalue weighted by molar-refractivity contribution is 6.23. The number of rotatable bonds is 5. The number of benzene rings is 1. The summed E-state index contributed by atoms with van der Waals surface area (Å²) < 4.78 is 0. The summed E-state index contributed by atoms with van der Waals surface area (Å²) in [5.74, 6) is 0.0781. The number of carbonyl (C=O) groups is 2. The molecule has 3 amide bonds. The van der Waals surface area contributed by atoms with Gasteiger partial charge in [0, 0.05) is 12.2 Å². The Morgan fingerprint density at radius 3 is 2.87 bits per heavy atom. The van der Waals surface area contributed by atoms with Crippen LogP contribution < -0.4 is 16.4 Å². The van der Waals surface area contributed by atoms with Crippen molar-refractivity contribution in [2.75, 3.05) is 17.6 Å². The van der Waals surface area contributed by atoms with E-state index in [1.165, 1.54) is 4.90 Å². The molecular formula is C16H21N5O2. The fourth-order valence-corrected chi connectivity index (χ4v) is 2.80. The summed E-state index contributed by atoms with van der Waals surface area (Å²) >= 11 is 0. The number of carbonyl (C=O) groups excluding carboxylic acids is 2. The Labute approximate surface area is 134 Å². The van der Waals surface area contributed by atoms with Crippen LogP contribution >= 0.6 is 0 Å². The number of nitrogen functional groups attached to an aromatic ring is 1. The predicted molar refractivity (Wildman–Crippen MR) is 89.7 cm³/mol. The van der Waals surface area contributed by atoms with Crippen LogP contribution in [0.3, 0.4) is 0 Å². The van der Waals surface area contributed by atoms with Crippen LogP contribution in [0.25, 0.3) is 0 Å². The Balaban J connectivity index is 1.77. The second-order valence-corrected chi connectivity index (χ2v) is 5.83. The van der Waals surface area contributed by atoms with Gasteiger partial charge in [0.25, 0.3) is 5.91 Å². The van der Waals surface area contributed by atoms with Gasteiger partial charge in [0.05, 0.1) is 11.4 Å². The van der Waals surface area contributed by atoms with Crippen LogP contribution in [-0.4, -0.2) is 35.3 Å². The molecule has 1 saturated heterocycles. The van der Waals surface area contributed by atoms with Crippen molar-refractivity contribution in [1.29, 1.82) is 0 Å². The molecule has 0 saturated carbocycles. The monoisotopic (exact) mass is 315 g/mol. The van der Waals surface area contributed by atoms with Crippen molar-refractivity contribution < 1.29 is 9.59 Å². The topological polar surface area (TPSA) is 99.8 Å². The molecule has 3 rings (SSSR count). The minimum Gasteiger partial charge on any atom is -0.399 e. The Morgan fingerprint density at radius 2 is 2.09 bits per heavy atom. The fraction of sp³-hybridized carbons (Fsp3) is 0.438. The number of nitrogens with two attached hydrogens (primary N) is 1. The molecule has 122 valence electrons. The summed E-state index contributed by atoms with van der Waals surface area (Å²) in [7, 11) is 0. The number of amides is 3. The number of anilines is 2. The van der Waals surface area contributed by atoms with Gasteiger partial charge in [-0.15, -0.1) is 0 Å². The number of imide groups is 1. The van der Waals surface area contributed by atoms with Gasteiger partial charge in [0.1, 0.15) is 5.84 Å². The van der Waals surface area contributed by atoms with Crippen LogP contribution in [0.4, 0.5) is 21.9 Å². The zero-order valence-electron chi connectivity index (χ0n) is 13.1. The van der Waals surface area contributed by atoms with Gasteiger partial charge < -0.3 is 11.1 Å². The molecule has 0 bridgehead atoms. The normalized spacial score (nSPS) is 19.4. The van der Waals surface area contributed by atoms with E-state index in [4.69, 9.17) is 5.73 Å². The van der Waals surface area contributed by atoms with Crippen LogP contribution in [0.15, 0.2) is 23.2 Å². The first kappa shape index (κ1) is 15.3. The number of hydrogen-bond acceptors (Lipinski definition) is 5. The maximum atomic E-state index is 12.6. The Bertz CT molecular complexity index is 670. The van der Waals surface area contributed by atoms with E-state index in [-0.39, 0.29) is 5.91 Å². The number of nitrogens with one attached hydrogen (secondary N) is 2. The first-order chi connectivity index (χ1) is 11.1. The van der Waals surface area contributed by atoms with Crippen molar-refractivity contribution in [3.05, 3.63) is 18.2 Å². The molecule has 7 nitrogen and oxygen atoms in total. The van der Waals surface area contributed by atoms with E-state index in [0.717, 1.165) is 31.4 Å². The highest BCUT2D eigenvalue weighted by Crippen LogP contribution is 2.32. The molecule has 2 aliphatic heterocycles. The van der Waals surface area contributed by atoms with Crippen LogP contribution in [0.2, 0.25) is 0 Å². The van der Waals surface area contributed by atoms with Crippen LogP contribution in [0, 0.1) is 0 Å². The second-order valence-electron chi connectivity index (χ2n) is 5.83. The SMILES string of the molecule is CCCCCCN1C(=O)NC2=Nc3cc(N)ccc3NC2C1=O. The number of fused-ring (bicyclic) bond motifs is 2. The first-order valence-corrected chi connectivity index (χ1v) is 7.97.